The highest BCUT2D eigenvalue weighted by molar-refractivity contribution is 5.90. The lowest BCUT2D eigenvalue weighted by atomic mass is 10.3. The van der Waals surface area contributed by atoms with Crippen molar-refractivity contribution >= 4 is 17.6 Å². The summed E-state index contributed by atoms with van der Waals surface area (Å²) in [6, 6.07) is 9.79. The van der Waals surface area contributed by atoms with Gasteiger partial charge in [-0.2, -0.15) is 0 Å². The van der Waals surface area contributed by atoms with Crippen LogP contribution >= 0.6 is 0 Å². The fourth-order valence-electron chi connectivity index (χ4n) is 1.98. The van der Waals surface area contributed by atoms with Gasteiger partial charge in [0, 0.05) is 18.8 Å². The van der Waals surface area contributed by atoms with E-state index in [0.29, 0.717) is 19.5 Å². The Bertz CT molecular complexity index is 447. The summed E-state index contributed by atoms with van der Waals surface area (Å²) in [6.45, 7) is 1.20. The fourth-order valence-corrected chi connectivity index (χ4v) is 1.98. The molecule has 1 aromatic carbocycles. The maximum atomic E-state index is 11.7. The van der Waals surface area contributed by atoms with E-state index in [1.165, 1.54) is 7.11 Å². The Morgan fingerprint density at radius 2 is 1.95 bits per heavy atom. The molecule has 102 valence electrons. The molecule has 1 fully saturated rings. The summed E-state index contributed by atoms with van der Waals surface area (Å²) in [7, 11) is 1.35. The first kappa shape index (κ1) is 13.4. The van der Waals surface area contributed by atoms with E-state index < -0.39 is 0 Å². The molecular weight excluding hydrogens is 244 g/mol. The van der Waals surface area contributed by atoms with Crippen LogP contribution in [0.15, 0.2) is 30.3 Å². The number of amides is 1. The Labute approximate surface area is 112 Å². The minimum atomic E-state index is -0.289. The number of hydrogen-bond donors (Lipinski definition) is 2. The van der Waals surface area contributed by atoms with Gasteiger partial charge in [0.25, 0.3) is 0 Å². The van der Waals surface area contributed by atoms with Crippen molar-refractivity contribution in [2.24, 2.45) is 11.8 Å². The van der Waals surface area contributed by atoms with Gasteiger partial charge in [0.15, 0.2) is 0 Å². The van der Waals surface area contributed by atoms with Crippen LogP contribution in [0.25, 0.3) is 0 Å². The van der Waals surface area contributed by atoms with E-state index in [-0.39, 0.29) is 23.7 Å². The molecule has 1 saturated carbocycles. The average molecular weight is 262 g/mol. The summed E-state index contributed by atoms with van der Waals surface area (Å²) in [6.07, 6.45) is 0.602. The molecule has 0 unspecified atom stereocenters. The first-order valence-electron chi connectivity index (χ1n) is 6.37. The molecule has 0 bridgehead atoms. The highest BCUT2D eigenvalue weighted by Crippen LogP contribution is 2.39. The molecule has 5 nitrogen and oxygen atoms in total. The van der Waals surface area contributed by atoms with Crippen molar-refractivity contribution in [3.8, 4) is 0 Å². The topological polar surface area (TPSA) is 67.4 Å². The first-order chi connectivity index (χ1) is 9.22. The smallest absolute Gasteiger partial charge is 0.309 e. The number of anilines is 1. The molecule has 0 aromatic heterocycles. The molecule has 0 saturated heterocycles. The van der Waals surface area contributed by atoms with Crippen LogP contribution < -0.4 is 10.6 Å². The van der Waals surface area contributed by atoms with Gasteiger partial charge in [-0.25, -0.2) is 0 Å². The second-order valence-corrected chi connectivity index (χ2v) is 4.56. The molecule has 1 amide bonds. The van der Waals surface area contributed by atoms with Gasteiger partial charge < -0.3 is 15.4 Å². The van der Waals surface area contributed by atoms with Gasteiger partial charge in [-0.05, 0) is 18.6 Å². The number of esters is 1. The highest BCUT2D eigenvalue weighted by atomic mass is 16.5. The molecular formula is C14H18N2O3. The molecule has 1 aromatic rings. The lowest BCUT2D eigenvalue weighted by Crippen LogP contribution is -2.31. The van der Waals surface area contributed by atoms with Crippen LogP contribution in [0.5, 0.6) is 0 Å². The Kier molecular flexibility index (Phi) is 4.39. The summed E-state index contributed by atoms with van der Waals surface area (Å²) in [5.74, 6) is -0.802. The summed E-state index contributed by atoms with van der Waals surface area (Å²) < 4.78 is 4.61. The standard InChI is InChI=1S/C14H18N2O3/c1-19-14(18)12-9-11(12)13(17)16-8-7-15-10-5-3-2-4-6-10/h2-6,11-12,15H,7-9H2,1H3,(H,16,17)/t11-,12+/m1/s1. The molecule has 2 N–H and O–H groups in total. The van der Waals surface area contributed by atoms with E-state index in [2.05, 4.69) is 15.4 Å². The number of methoxy groups -OCH3 is 1. The second-order valence-electron chi connectivity index (χ2n) is 4.56. The SMILES string of the molecule is COC(=O)[C@H]1C[C@H]1C(=O)NCCNc1ccccc1. The van der Waals surface area contributed by atoms with Crippen LogP contribution in [0.4, 0.5) is 5.69 Å². The molecule has 1 aliphatic carbocycles. The summed E-state index contributed by atoms with van der Waals surface area (Å²) in [5, 5.41) is 6.01. The zero-order valence-electron chi connectivity index (χ0n) is 10.9. The molecule has 5 heteroatoms. The minimum absolute atomic E-state index is 0.0646. The third-order valence-corrected chi connectivity index (χ3v) is 3.16. The number of rotatable bonds is 6. The van der Waals surface area contributed by atoms with E-state index in [0.717, 1.165) is 5.69 Å². The Balaban J connectivity index is 1.62. The van der Waals surface area contributed by atoms with Gasteiger partial charge in [0.2, 0.25) is 5.91 Å². The third kappa shape index (κ3) is 3.71. The van der Waals surface area contributed by atoms with Crippen LogP contribution in [-0.4, -0.2) is 32.1 Å². The molecule has 0 aliphatic heterocycles. The van der Waals surface area contributed by atoms with Crippen molar-refractivity contribution < 1.29 is 14.3 Å². The molecule has 0 heterocycles. The predicted molar refractivity (Wildman–Crippen MR) is 71.6 cm³/mol. The number of hydrogen-bond acceptors (Lipinski definition) is 4. The van der Waals surface area contributed by atoms with E-state index in [4.69, 9.17) is 0 Å². The summed E-state index contributed by atoms with van der Waals surface area (Å²) >= 11 is 0. The Morgan fingerprint density at radius 1 is 1.21 bits per heavy atom. The molecule has 0 radical (unpaired) electrons. The summed E-state index contributed by atoms with van der Waals surface area (Å²) in [4.78, 5) is 22.9. The minimum Gasteiger partial charge on any atom is -0.469 e. The van der Waals surface area contributed by atoms with Crippen molar-refractivity contribution in [2.45, 2.75) is 6.42 Å². The van der Waals surface area contributed by atoms with E-state index in [9.17, 15) is 9.59 Å². The number of carbonyl (C=O) groups excluding carboxylic acids is 2. The van der Waals surface area contributed by atoms with Gasteiger partial charge in [0.1, 0.15) is 0 Å². The quantitative estimate of drug-likeness (QED) is 0.593. The maximum Gasteiger partial charge on any atom is 0.309 e. The van der Waals surface area contributed by atoms with Crippen molar-refractivity contribution in [2.75, 3.05) is 25.5 Å². The highest BCUT2D eigenvalue weighted by Gasteiger charge is 2.48. The molecule has 1 aliphatic rings. The zero-order chi connectivity index (χ0) is 13.7. The van der Waals surface area contributed by atoms with Gasteiger partial charge >= 0.3 is 5.97 Å². The average Bonchev–Trinajstić information content (AvgIpc) is 3.24. The lowest BCUT2D eigenvalue weighted by Gasteiger charge is -2.07. The summed E-state index contributed by atoms with van der Waals surface area (Å²) in [5.41, 5.74) is 1.02. The monoisotopic (exact) mass is 262 g/mol. The van der Waals surface area contributed by atoms with E-state index in [1.54, 1.807) is 0 Å². The van der Waals surface area contributed by atoms with Crippen molar-refractivity contribution in [1.82, 2.24) is 5.32 Å². The van der Waals surface area contributed by atoms with E-state index in [1.807, 2.05) is 30.3 Å². The zero-order valence-corrected chi connectivity index (χ0v) is 10.9. The van der Waals surface area contributed by atoms with Gasteiger partial charge in [0.05, 0.1) is 18.9 Å². The van der Waals surface area contributed by atoms with Crippen LogP contribution in [0.2, 0.25) is 0 Å². The van der Waals surface area contributed by atoms with E-state index >= 15 is 0 Å². The number of para-hydroxylation sites is 1. The number of ether oxygens (including phenoxy) is 1. The van der Waals surface area contributed by atoms with Gasteiger partial charge in [-0.1, -0.05) is 18.2 Å². The van der Waals surface area contributed by atoms with Crippen molar-refractivity contribution in [3.05, 3.63) is 30.3 Å². The number of nitrogens with one attached hydrogen (secondary N) is 2. The van der Waals surface area contributed by atoms with Crippen LogP contribution in [0.3, 0.4) is 0 Å². The largest absolute Gasteiger partial charge is 0.469 e. The second kappa shape index (κ2) is 6.22. The van der Waals surface area contributed by atoms with Crippen molar-refractivity contribution in [3.63, 3.8) is 0 Å². The van der Waals surface area contributed by atoms with Crippen molar-refractivity contribution in [1.29, 1.82) is 0 Å². The lowest BCUT2D eigenvalue weighted by molar-refractivity contribution is -0.143. The van der Waals surface area contributed by atoms with Crippen LogP contribution in [0.1, 0.15) is 6.42 Å². The first-order valence-corrected chi connectivity index (χ1v) is 6.37. The normalized spacial score (nSPS) is 20.5. The van der Waals surface area contributed by atoms with Gasteiger partial charge in [-0.3, -0.25) is 9.59 Å². The predicted octanol–water partition coefficient (Wildman–Crippen LogP) is 1.02. The fraction of sp³-hybridized carbons (Fsp3) is 0.429. The number of carbonyl (C=O) groups is 2. The van der Waals surface area contributed by atoms with Crippen LogP contribution in [-0.2, 0) is 14.3 Å². The van der Waals surface area contributed by atoms with Gasteiger partial charge in [-0.15, -0.1) is 0 Å². The Hall–Kier alpha value is -2.04. The molecule has 2 rings (SSSR count). The third-order valence-electron chi connectivity index (χ3n) is 3.16. The number of benzene rings is 1. The van der Waals surface area contributed by atoms with Crippen LogP contribution in [0, 0.1) is 11.8 Å². The Morgan fingerprint density at radius 3 is 2.63 bits per heavy atom. The maximum absolute atomic E-state index is 11.7. The molecule has 2 atom stereocenters. The molecule has 0 spiro atoms. The molecule has 19 heavy (non-hydrogen) atoms.